The second-order valence-electron chi connectivity index (χ2n) is 14.5. The summed E-state index contributed by atoms with van der Waals surface area (Å²) in [7, 11) is 0. The molecule has 3 nitrogen and oxygen atoms in total. The maximum absolute atomic E-state index is 6.39. The van der Waals surface area contributed by atoms with E-state index in [0.29, 0.717) is 0 Å². The molecule has 0 spiro atoms. The molecule has 0 atom stereocenters. The third kappa shape index (κ3) is 4.50. The van der Waals surface area contributed by atoms with Gasteiger partial charge in [-0.1, -0.05) is 121 Å². The molecule has 0 aliphatic heterocycles. The van der Waals surface area contributed by atoms with Crippen LogP contribution in [0.25, 0.3) is 110 Å². The van der Waals surface area contributed by atoms with E-state index in [2.05, 4.69) is 191 Å². The summed E-state index contributed by atoms with van der Waals surface area (Å²) in [5, 5.41) is 9.66. The van der Waals surface area contributed by atoms with Gasteiger partial charge in [0.25, 0.3) is 0 Å². The maximum Gasteiger partial charge on any atom is 0.137 e. The summed E-state index contributed by atoms with van der Waals surface area (Å²) in [5.74, 6) is 0. The summed E-state index contributed by atoms with van der Waals surface area (Å²) in [4.78, 5) is 0. The Morgan fingerprint density at radius 2 is 0.836 bits per heavy atom. The zero-order valence-corrected chi connectivity index (χ0v) is 29.8. The summed E-state index contributed by atoms with van der Waals surface area (Å²) in [6.45, 7) is 0. The first-order valence-electron chi connectivity index (χ1n) is 18.8. The number of furan rings is 1. The molecule has 0 saturated carbocycles. The molecule has 0 radical (unpaired) electrons. The number of hydrogen-bond acceptors (Lipinski definition) is 1. The quantitative estimate of drug-likeness (QED) is 0.179. The van der Waals surface area contributed by atoms with Crippen LogP contribution in [0.2, 0.25) is 0 Å². The molecule has 0 aliphatic rings. The van der Waals surface area contributed by atoms with Gasteiger partial charge < -0.3 is 13.6 Å². The number of aromatic nitrogens is 2. The summed E-state index contributed by atoms with van der Waals surface area (Å²) in [6, 6.07) is 70.3. The highest BCUT2D eigenvalue weighted by Crippen LogP contribution is 2.42. The first kappa shape index (κ1) is 30.1. The van der Waals surface area contributed by atoms with E-state index in [1.165, 1.54) is 76.6 Å². The van der Waals surface area contributed by atoms with Gasteiger partial charge in [-0.2, -0.15) is 0 Å². The third-order valence-electron chi connectivity index (χ3n) is 11.5. The predicted molar refractivity (Wildman–Crippen MR) is 231 cm³/mol. The summed E-state index contributed by atoms with van der Waals surface area (Å²) in [6.07, 6.45) is 0. The molecule has 0 saturated heterocycles. The molecule has 0 unspecified atom stereocenters. The standard InChI is InChI=1S/C52H32N2O/c1-3-11-33(12-4-1)35-20-26-47-45(29-35)46-31-37(21-27-48(46)53(47)38-14-5-2-6-15-38)36-22-28-49-44(30-36)43-24-19-34-13-7-8-16-40(34)52(43)54(49)39-23-25-42-41-17-9-10-18-50(41)55-51(42)32-39/h1-32H. The van der Waals surface area contributed by atoms with Crippen molar-refractivity contribution in [1.82, 2.24) is 9.13 Å². The highest BCUT2D eigenvalue weighted by atomic mass is 16.3. The molecule has 0 N–H and O–H groups in total. The van der Waals surface area contributed by atoms with Crippen molar-refractivity contribution >= 4 is 76.3 Å². The lowest BCUT2D eigenvalue weighted by atomic mass is 9.99. The van der Waals surface area contributed by atoms with Crippen LogP contribution in [0, 0.1) is 0 Å². The normalized spacial score (nSPS) is 12.0. The van der Waals surface area contributed by atoms with Gasteiger partial charge in [-0.05, 0) is 94.4 Å². The van der Waals surface area contributed by atoms with Crippen molar-refractivity contribution in [3.05, 3.63) is 194 Å². The van der Waals surface area contributed by atoms with Crippen molar-refractivity contribution in [2.24, 2.45) is 0 Å². The van der Waals surface area contributed by atoms with Gasteiger partial charge in [0, 0.05) is 55.1 Å². The Morgan fingerprint density at radius 1 is 0.291 bits per heavy atom. The van der Waals surface area contributed by atoms with E-state index >= 15 is 0 Å². The van der Waals surface area contributed by atoms with Gasteiger partial charge in [-0.25, -0.2) is 0 Å². The van der Waals surface area contributed by atoms with Gasteiger partial charge >= 0.3 is 0 Å². The monoisotopic (exact) mass is 700 g/mol. The Bertz CT molecular complexity index is 3470. The molecular formula is C52H32N2O. The zero-order chi connectivity index (χ0) is 36.0. The van der Waals surface area contributed by atoms with Crippen molar-refractivity contribution in [2.75, 3.05) is 0 Å². The van der Waals surface area contributed by atoms with Gasteiger partial charge in [0.1, 0.15) is 11.2 Å². The van der Waals surface area contributed by atoms with Crippen LogP contribution in [-0.2, 0) is 0 Å². The number of nitrogens with zero attached hydrogens (tertiary/aromatic N) is 2. The Kier molecular flexibility index (Phi) is 6.34. The molecule has 0 fully saturated rings. The number of para-hydroxylation sites is 2. The lowest BCUT2D eigenvalue weighted by molar-refractivity contribution is 0.668. The van der Waals surface area contributed by atoms with Crippen LogP contribution in [0.15, 0.2) is 199 Å². The molecule has 12 rings (SSSR count). The van der Waals surface area contributed by atoms with Crippen LogP contribution in [0.3, 0.4) is 0 Å². The van der Waals surface area contributed by atoms with Crippen molar-refractivity contribution in [1.29, 1.82) is 0 Å². The molecule has 3 aromatic heterocycles. The summed E-state index contributed by atoms with van der Waals surface area (Å²) < 4.78 is 11.2. The minimum Gasteiger partial charge on any atom is -0.456 e. The van der Waals surface area contributed by atoms with Gasteiger partial charge in [-0.15, -0.1) is 0 Å². The lowest BCUT2D eigenvalue weighted by Gasteiger charge is -2.10. The Labute approximate surface area is 316 Å². The van der Waals surface area contributed by atoms with Crippen LogP contribution in [0.5, 0.6) is 0 Å². The van der Waals surface area contributed by atoms with Crippen molar-refractivity contribution < 1.29 is 4.42 Å². The second kappa shape index (κ2) is 11.6. The Morgan fingerprint density at radius 3 is 1.56 bits per heavy atom. The third-order valence-corrected chi connectivity index (χ3v) is 11.5. The molecule has 55 heavy (non-hydrogen) atoms. The molecule has 0 bridgehead atoms. The highest BCUT2D eigenvalue weighted by molar-refractivity contribution is 6.20. The average Bonchev–Trinajstić information content (AvgIpc) is 3.91. The number of fused-ring (bicyclic) bond motifs is 11. The SMILES string of the molecule is c1ccc(-c2ccc3c(c2)c2cc(-c4ccc5c(c4)c4ccc6ccccc6c4n5-c4ccc5c(c4)oc4ccccc45)ccc2n3-c2ccccc2)cc1. The largest absolute Gasteiger partial charge is 0.456 e. The molecular weight excluding hydrogens is 669 g/mol. The van der Waals surface area contributed by atoms with E-state index < -0.39 is 0 Å². The minimum atomic E-state index is 0.893. The molecule has 0 aliphatic carbocycles. The van der Waals surface area contributed by atoms with Crippen LogP contribution in [0.1, 0.15) is 0 Å². The van der Waals surface area contributed by atoms with E-state index in [0.717, 1.165) is 33.3 Å². The van der Waals surface area contributed by atoms with Crippen molar-refractivity contribution in [3.63, 3.8) is 0 Å². The Hall–Kier alpha value is -7.36. The van der Waals surface area contributed by atoms with Crippen LogP contribution >= 0.6 is 0 Å². The number of benzene rings is 9. The van der Waals surface area contributed by atoms with Crippen LogP contribution in [-0.4, -0.2) is 9.13 Å². The number of rotatable bonds is 4. The second-order valence-corrected chi connectivity index (χ2v) is 14.5. The molecule has 3 heteroatoms. The van der Waals surface area contributed by atoms with Crippen LogP contribution < -0.4 is 0 Å². The topological polar surface area (TPSA) is 23.0 Å². The van der Waals surface area contributed by atoms with Crippen molar-refractivity contribution in [2.45, 2.75) is 0 Å². The maximum atomic E-state index is 6.39. The van der Waals surface area contributed by atoms with E-state index in [1.54, 1.807) is 0 Å². The molecule has 256 valence electrons. The van der Waals surface area contributed by atoms with Gasteiger partial charge in [0.05, 0.1) is 22.1 Å². The van der Waals surface area contributed by atoms with Gasteiger partial charge in [0.2, 0.25) is 0 Å². The van der Waals surface area contributed by atoms with Crippen LogP contribution in [0.4, 0.5) is 0 Å². The molecule has 3 heterocycles. The first-order valence-corrected chi connectivity index (χ1v) is 18.8. The first-order chi connectivity index (χ1) is 27.3. The van der Waals surface area contributed by atoms with E-state index in [1.807, 2.05) is 12.1 Å². The molecule has 12 aromatic rings. The number of hydrogen-bond donors (Lipinski definition) is 0. The summed E-state index contributed by atoms with van der Waals surface area (Å²) >= 11 is 0. The smallest absolute Gasteiger partial charge is 0.137 e. The zero-order valence-electron chi connectivity index (χ0n) is 29.8. The van der Waals surface area contributed by atoms with E-state index in [4.69, 9.17) is 4.42 Å². The summed E-state index contributed by atoms with van der Waals surface area (Å²) in [5.41, 5.74) is 13.6. The highest BCUT2D eigenvalue weighted by Gasteiger charge is 2.19. The fourth-order valence-electron chi connectivity index (χ4n) is 8.95. The van der Waals surface area contributed by atoms with Gasteiger partial charge in [0.15, 0.2) is 0 Å². The predicted octanol–water partition coefficient (Wildman–Crippen LogP) is 14.3. The van der Waals surface area contributed by atoms with Gasteiger partial charge in [-0.3, -0.25) is 0 Å². The minimum absolute atomic E-state index is 0.893. The van der Waals surface area contributed by atoms with Crippen molar-refractivity contribution in [3.8, 4) is 33.6 Å². The fraction of sp³-hybridized carbons (Fsp3) is 0. The fourth-order valence-corrected chi connectivity index (χ4v) is 8.95. The Balaban J connectivity index is 1.09. The molecule has 9 aromatic carbocycles. The average molecular weight is 701 g/mol. The van der Waals surface area contributed by atoms with E-state index in [-0.39, 0.29) is 0 Å². The van der Waals surface area contributed by atoms with E-state index in [9.17, 15) is 0 Å². The molecule has 0 amide bonds. The lowest BCUT2D eigenvalue weighted by Crippen LogP contribution is -1.94.